The lowest BCUT2D eigenvalue weighted by molar-refractivity contribution is 0.0891. The SMILES string of the molecule is O=C(NCC(F)F)c1cc(S)ccc1Br. The summed E-state index contributed by atoms with van der Waals surface area (Å²) in [7, 11) is 0. The Hall–Kier alpha value is -0.620. The summed E-state index contributed by atoms with van der Waals surface area (Å²) in [4.78, 5) is 12.0. The van der Waals surface area contributed by atoms with Gasteiger partial charge in [-0.25, -0.2) is 8.78 Å². The molecule has 0 spiro atoms. The van der Waals surface area contributed by atoms with Crippen LogP contribution in [0.3, 0.4) is 0 Å². The normalized spacial score (nSPS) is 10.5. The first kappa shape index (κ1) is 12.4. The molecule has 0 aliphatic carbocycles. The maximum atomic E-state index is 11.8. The highest BCUT2D eigenvalue weighted by molar-refractivity contribution is 9.10. The first-order chi connectivity index (χ1) is 7.00. The topological polar surface area (TPSA) is 29.1 Å². The molecular weight excluding hydrogens is 288 g/mol. The maximum absolute atomic E-state index is 11.8. The van der Waals surface area contributed by atoms with Crippen molar-refractivity contribution in [3.05, 3.63) is 28.2 Å². The zero-order valence-electron chi connectivity index (χ0n) is 7.51. The van der Waals surface area contributed by atoms with Crippen molar-refractivity contribution in [3.8, 4) is 0 Å². The van der Waals surface area contributed by atoms with E-state index >= 15 is 0 Å². The number of halogens is 3. The summed E-state index contributed by atoms with van der Waals surface area (Å²) >= 11 is 7.21. The summed E-state index contributed by atoms with van der Waals surface area (Å²) in [5.74, 6) is -0.543. The lowest BCUT2D eigenvalue weighted by atomic mass is 10.2. The predicted octanol–water partition coefficient (Wildman–Crippen LogP) is 2.73. The van der Waals surface area contributed by atoms with Crippen LogP contribution in [0.2, 0.25) is 0 Å². The van der Waals surface area contributed by atoms with Gasteiger partial charge in [-0.3, -0.25) is 4.79 Å². The number of hydrogen-bond donors (Lipinski definition) is 2. The third-order valence-corrected chi connectivity index (χ3v) is 2.58. The van der Waals surface area contributed by atoms with E-state index in [0.29, 0.717) is 14.9 Å². The third kappa shape index (κ3) is 3.79. The molecule has 0 fully saturated rings. The van der Waals surface area contributed by atoms with E-state index in [0.717, 1.165) is 0 Å². The van der Waals surface area contributed by atoms with Crippen LogP contribution in [0, 0.1) is 0 Å². The quantitative estimate of drug-likeness (QED) is 0.825. The van der Waals surface area contributed by atoms with Crippen LogP contribution in [0.4, 0.5) is 8.78 Å². The Balaban J connectivity index is 2.77. The maximum Gasteiger partial charge on any atom is 0.255 e. The Kier molecular flexibility index (Phi) is 4.53. The molecule has 15 heavy (non-hydrogen) atoms. The van der Waals surface area contributed by atoms with Gasteiger partial charge < -0.3 is 5.32 Å². The minimum atomic E-state index is -2.55. The Morgan fingerprint density at radius 1 is 1.53 bits per heavy atom. The third-order valence-electron chi connectivity index (χ3n) is 1.61. The largest absolute Gasteiger partial charge is 0.346 e. The van der Waals surface area contributed by atoms with Gasteiger partial charge in [-0.1, -0.05) is 0 Å². The minimum absolute atomic E-state index is 0.295. The van der Waals surface area contributed by atoms with Crippen molar-refractivity contribution in [2.24, 2.45) is 0 Å². The molecule has 0 saturated carbocycles. The number of amides is 1. The zero-order valence-corrected chi connectivity index (χ0v) is 9.99. The molecule has 0 bridgehead atoms. The van der Waals surface area contributed by atoms with Gasteiger partial charge in [-0.05, 0) is 34.1 Å². The number of thiol groups is 1. The summed E-state index contributed by atoms with van der Waals surface area (Å²) in [6.07, 6.45) is -2.55. The molecule has 0 aliphatic rings. The van der Waals surface area contributed by atoms with E-state index in [1.807, 2.05) is 0 Å². The molecule has 0 radical (unpaired) electrons. The molecule has 0 saturated heterocycles. The van der Waals surface area contributed by atoms with Gasteiger partial charge in [0.15, 0.2) is 0 Å². The molecule has 82 valence electrons. The molecule has 1 aromatic rings. The minimum Gasteiger partial charge on any atom is -0.346 e. The van der Waals surface area contributed by atoms with Crippen molar-refractivity contribution in [1.82, 2.24) is 5.32 Å². The molecule has 1 N–H and O–H groups in total. The zero-order chi connectivity index (χ0) is 11.4. The molecule has 0 unspecified atom stereocenters. The summed E-state index contributed by atoms with van der Waals surface area (Å²) in [5.41, 5.74) is 0.295. The Labute approximate surface area is 99.6 Å². The van der Waals surface area contributed by atoms with E-state index < -0.39 is 18.9 Å². The summed E-state index contributed by atoms with van der Waals surface area (Å²) in [5, 5.41) is 2.11. The lowest BCUT2D eigenvalue weighted by Gasteiger charge is -2.06. The van der Waals surface area contributed by atoms with Gasteiger partial charge in [0, 0.05) is 9.37 Å². The van der Waals surface area contributed by atoms with E-state index in [1.54, 1.807) is 12.1 Å². The molecular formula is C9H8BrF2NOS. The number of hydrogen-bond acceptors (Lipinski definition) is 2. The predicted molar refractivity (Wildman–Crippen MR) is 59.7 cm³/mol. The van der Waals surface area contributed by atoms with Crippen LogP contribution in [0.5, 0.6) is 0 Å². The fraction of sp³-hybridized carbons (Fsp3) is 0.222. The second-order valence-corrected chi connectivity index (χ2v) is 4.14. The van der Waals surface area contributed by atoms with Crippen molar-refractivity contribution in [3.63, 3.8) is 0 Å². The Morgan fingerprint density at radius 2 is 2.20 bits per heavy atom. The van der Waals surface area contributed by atoms with Crippen molar-refractivity contribution in [2.45, 2.75) is 11.3 Å². The average molecular weight is 296 g/mol. The number of rotatable bonds is 3. The molecule has 0 aliphatic heterocycles. The van der Waals surface area contributed by atoms with Crippen LogP contribution in [0.1, 0.15) is 10.4 Å². The van der Waals surface area contributed by atoms with E-state index in [2.05, 4.69) is 33.9 Å². The standard InChI is InChI=1S/C9H8BrF2NOS/c10-7-2-1-5(15)3-6(7)9(14)13-4-8(11)12/h1-3,8,15H,4H2,(H,13,14). The van der Waals surface area contributed by atoms with E-state index in [9.17, 15) is 13.6 Å². The van der Waals surface area contributed by atoms with E-state index in [-0.39, 0.29) is 0 Å². The number of carbonyl (C=O) groups is 1. The van der Waals surface area contributed by atoms with Crippen LogP contribution < -0.4 is 5.32 Å². The monoisotopic (exact) mass is 295 g/mol. The summed E-state index contributed by atoms with van der Waals surface area (Å²) in [6.45, 7) is -0.651. The Morgan fingerprint density at radius 3 is 2.80 bits per heavy atom. The summed E-state index contributed by atoms with van der Waals surface area (Å²) in [6, 6.07) is 4.84. The molecule has 0 atom stereocenters. The smallest absolute Gasteiger partial charge is 0.255 e. The molecule has 2 nitrogen and oxygen atoms in total. The Bertz CT molecular complexity index is 373. The van der Waals surface area contributed by atoms with Crippen molar-refractivity contribution < 1.29 is 13.6 Å². The molecule has 0 aromatic heterocycles. The highest BCUT2D eigenvalue weighted by atomic mass is 79.9. The van der Waals surface area contributed by atoms with Gasteiger partial charge in [-0.2, -0.15) is 0 Å². The van der Waals surface area contributed by atoms with Crippen LogP contribution in [-0.4, -0.2) is 18.9 Å². The van der Waals surface area contributed by atoms with Crippen LogP contribution in [0.25, 0.3) is 0 Å². The molecule has 0 heterocycles. The van der Waals surface area contributed by atoms with Crippen LogP contribution in [0.15, 0.2) is 27.6 Å². The van der Waals surface area contributed by atoms with Gasteiger partial charge in [0.1, 0.15) is 0 Å². The second-order valence-electron chi connectivity index (χ2n) is 2.77. The van der Waals surface area contributed by atoms with Crippen molar-refractivity contribution >= 4 is 34.5 Å². The number of nitrogens with one attached hydrogen (secondary N) is 1. The number of alkyl halides is 2. The fourth-order valence-corrected chi connectivity index (χ4v) is 1.58. The molecule has 1 rings (SSSR count). The van der Waals surface area contributed by atoms with Crippen molar-refractivity contribution in [1.29, 1.82) is 0 Å². The first-order valence-electron chi connectivity index (χ1n) is 4.05. The molecule has 1 amide bonds. The van der Waals surface area contributed by atoms with Crippen LogP contribution in [-0.2, 0) is 0 Å². The second kappa shape index (κ2) is 5.46. The average Bonchev–Trinajstić information content (AvgIpc) is 2.18. The van der Waals surface area contributed by atoms with E-state index in [1.165, 1.54) is 6.07 Å². The fourth-order valence-electron chi connectivity index (χ4n) is 0.952. The van der Waals surface area contributed by atoms with Gasteiger partial charge in [0.05, 0.1) is 12.1 Å². The number of benzene rings is 1. The van der Waals surface area contributed by atoms with Crippen molar-refractivity contribution in [2.75, 3.05) is 6.54 Å². The highest BCUT2D eigenvalue weighted by Gasteiger charge is 2.11. The van der Waals surface area contributed by atoms with E-state index in [4.69, 9.17) is 0 Å². The van der Waals surface area contributed by atoms with Gasteiger partial charge >= 0.3 is 0 Å². The van der Waals surface area contributed by atoms with Crippen LogP contribution >= 0.6 is 28.6 Å². The van der Waals surface area contributed by atoms with Gasteiger partial charge in [-0.15, -0.1) is 12.6 Å². The molecule has 6 heteroatoms. The summed E-state index contributed by atoms with van der Waals surface area (Å²) < 4.78 is 24.2. The lowest BCUT2D eigenvalue weighted by Crippen LogP contribution is -2.28. The first-order valence-corrected chi connectivity index (χ1v) is 5.29. The highest BCUT2D eigenvalue weighted by Crippen LogP contribution is 2.20. The van der Waals surface area contributed by atoms with Gasteiger partial charge in [0.2, 0.25) is 0 Å². The number of carbonyl (C=O) groups excluding carboxylic acids is 1. The molecule has 1 aromatic carbocycles. The van der Waals surface area contributed by atoms with Gasteiger partial charge in [0.25, 0.3) is 12.3 Å².